The zero-order chi connectivity index (χ0) is 18.0. The number of carbonyl (C=O) groups is 1. The number of aromatic hydroxyl groups is 3. The second-order valence-electron chi connectivity index (χ2n) is 5.94. The van der Waals surface area contributed by atoms with E-state index in [1.807, 2.05) is 6.92 Å². The number of phenolic OH excluding ortho intramolecular Hbond substituents is 3. The van der Waals surface area contributed by atoms with E-state index in [2.05, 4.69) is 0 Å². The molecule has 24 heavy (non-hydrogen) atoms. The van der Waals surface area contributed by atoms with E-state index in [4.69, 9.17) is 4.74 Å². The first-order chi connectivity index (χ1) is 11.3. The van der Waals surface area contributed by atoms with Gasteiger partial charge in [0, 0.05) is 30.0 Å². The molecule has 0 heterocycles. The zero-order valence-corrected chi connectivity index (χ0v) is 14.3. The lowest BCUT2D eigenvalue weighted by molar-refractivity contribution is -0.117. The number of rotatable bonds is 5. The van der Waals surface area contributed by atoms with E-state index in [1.54, 1.807) is 13.8 Å². The van der Waals surface area contributed by atoms with Crippen molar-refractivity contribution >= 4 is 5.78 Å². The molecule has 2 aromatic rings. The SMILES string of the molecule is COc1c(C)c(C)c(O)c(C)c1CC(=O)Cc1ccc(O)cc1O. The summed E-state index contributed by atoms with van der Waals surface area (Å²) in [6.07, 6.45) is 0.117. The van der Waals surface area contributed by atoms with Crippen LogP contribution in [-0.4, -0.2) is 28.2 Å². The maximum Gasteiger partial charge on any atom is 0.141 e. The van der Waals surface area contributed by atoms with Crippen molar-refractivity contribution < 1.29 is 24.9 Å². The lowest BCUT2D eigenvalue weighted by atomic mass is 9.93. The summed E-state index contributed by atoms with van der Waals surface area (Å²) in [4.78, 5) is 12.4. The minimum atomic E-state index is -0.125. The van der Waals surface area contributed by atoms with E-state index in [9.17, 15) is 20.1 Å². The van der Waals surface area contributed by atoms with Gasteiger partial charge < -0.3 is 20.1 Å². The van der Waals surface area contributed by atoms with Gasteiger partial charge in [0.05, 0.1) is 7.11 Å². The first kappa shape index (κ1) is 17.7. The molecule has 5 nitrogen and oxygen atoms in total. The minimum absolute atomic E-state index is 0.0302. The van der Waals surface area contributed by atoms with Gasteiger partial charge in [0.1, 0.15) is 28.8 Å². The number of phenols is 3. The number of ether oxygens (including phenoxy) is 1. The highest BCUT2D eigenvalue weighted by Crippen LogP contribution is 2.37. The van der Waals surface area contributed by atoms with E-state index < -0.39 is 0 Å². The van der Waals surface area contributed by atoms with Gasteiger partial charge in [-0.15, -0.1) is 0 Å². The molecule has 0 saturated carbocycles. The smallest absolute Gasteiger partial charge is 0.141 e. The van der Waals surface area contributed by atoms with Crippen molar-refractivity contribution in [1.82, 2.24) is 0 Å². The molecule has 0 atom stereocenters. The highest BCUT2D eigenvalue weighted by molar-refractivity contribution is 5.85. The molecule has 0 bridgehead atoms. The monoisotopic (exact) mass is 330 g/mol. The van der Waals surface area contributed by atoms with Crippen LogP contribution in [0.1, 0.15) is 27.8 Å². The Labute approximate surface area is 141 Å². The molecule has 128 valence electrons. The summed E-state index contributed by atoms with van der Waals surface area (Å²) in [6, 6.07) is 4.15. The number of benzene rings is 2. The van der Waals surface area contributed by atoms with Gasteiger partial charge in [-0.2, -0.15) is 0 Å². The molecule has 0 fully saturated rings. The van der Waals surface area contributed by atoms with Crippen LogP contribution in [0.25, 0.3) is 0 Å². The molecule has 5 heteroatoms. The lowest BCUT2D eigenvalue weighted by Gasteiger charge is -2.18. The van der Waals surface area contributed by atoms with Crippen molar-refractivity contribution in [1.29, 1.82) is 0 Å². The van der Waals surface area contributed by atoms with Crippen molar-refractivity contribution in [2.75, 3.05) is 7.11 Å². The Balaban J connectivity index is 2.32. The van der Waals surface area contributed by atoms with Crippen LogP contribution < -0.4 is 4.74 Å². The topological polar surface area (TPSA) is 87.0 Å². The second-order valence-corrected chi connectivity index (χ2v) is 5.94. The second kappa shape index (κ2) is 6.83. The van der Waals surface area contributed by atoms with Gasteiger partial charge in [-0.1, -0.05) is 6.07 Å². The quantitative estimate of drug-likeness (QED) is 0.784. The van der Waals surface area contributed by atoms with Crippen molar-refractivity contribution in [3.05, 3.63) is 46.0 Å². The molecule has 0 spiro atoms. The van der Waals surface area contributed by atoms with Crippen LogP contribution in [0.15, 0.2) is 18.2 Å². The van der Waals surface area contributed by atoms with Gasteiger partial charge >= 0.3 is 0 Å². The molecule has 2 rings (SSSR count). The minimum Gasteiger partial charge on any atom is -0.508 e. The van der Waals surface area contributed by atoms with Crippen molar-refractivity contribution in [2.24, 2.45) is 0 Å². The number of ketones is 1. The third-order valence-corrected chi connectivity index (χ3v) is 4.37. The highest BCUT2D eigenvalue weighted by Gasteiger charge is 2.20. The molecule has 0 radical (unpaired) electrons. The number of hydrogen-bond acceptors (Lipinski definition) is 5. The normalized spacial score (nSPS) is 10.7. The van der Waals surface area contributed by atoms with Gasteiger partial charge in [-0.25, -0.2) is 0 Å². The molecule has 2 aromatic carbocycles. The Hall–Kier alpha value is -2.69. The highest BCUT2D eigenvalue weighted by atomic mass is 16.5. The van der Waals surface area contributed by atoms with E-state index in [1.165, 1.54) is 25.3 Å². The molecule has 0 aromatic heterocycles. The number of Topliss-reactive ketones (excluding diaryl/α,β-unsaturated/α-hetero) is 1. The van der Waals surface area contributed by atoms with Crippen LogP contribution in [0, 0.1) is 20.8 Å². The summed E-state index contributed by atoms with van der Waals surface area (Å²) in [6.45, 7) is 5.40. The fraction of sp³-hybridized carbons (Fsp3) is 0.316. The summed E-state index contributed by atoms with van der Waals surface area (Å²) in [5.41, 5.74) is 3.26. The summed E-state index contributed by atoms with van der Waals surface area (Å²) in [5, 5.41) is 29.3. The first-order valence-corrected chi connectivity index (χ1v) is 7.64. The summed E-state index contributed by atoms with van der Waals surface area (Å²) in [7, 11) is 1.54. The molecule has 0 saturated heterocycles. The van der Waals surface area contributed by atoms with E-state index in [-0.39, 0.29) is 35.9 Å². The van der Waals surface area contributed by atoms with Crippen LogP contribution in [-0.2, 0) is 17.6 Å². The fourth-order valence-corrected chi connectivity index (χ4v) is 2.83. The van der Waals surface area contributed by atoms with Crippen LogP contribution >= 0.6 is 0 Å². The van der Waals surface area contributed by atoms with Gasteiger partial charge in [-0.3, -0.25) is 4.79 Å². The molecular formula is C19H22O5. The summed E-state index contributed by atoms with van der Waals surface area (Å²) < 4.78 is 5.44. The average Bonchev–Trinajstić information content (AvgIpc) is 2.53. The first-order valence-electron chi connectivity index (χ1n) is 7.64. The fourth-order valence-electron chi connectivity index (χ4n) is 2.83. The predicted molar refractivity (Wildman–Crippen MR) is 91.1 cm³/mol. The molecule has 0 aliphatic carbocycles. The number of hydrogen-bond donors (Lipinski definition) is 3. The maximum atomic E-state index is 12.4. The van der Waals surface area contributed by atoms with Gasteiger partial charge in [0.15, 0.2) is 0 Å². The summed E-state index contributed by atoms with van der Waals surface area (Å²) in [5.74, 6) is 0.477. The van der Waals surface area contributed by atoms with Crippen LogP contribution in [0.4, 0.5) is 0 Å². The molecule has 0 amide bonds. The van der Waals surface area contributed by atoms with Crippen molar-refractivity contribution in [2.45, 2.75) is 33.6 Å². The van der Waals surface area contributed by atoms with Crippen LogP contribution in [0.5, 0.6) is 23.0 Å². The molecule has 0 aliphatic rings. The number of carbonyl (C=O) groups excluding carboxylic acids is 1. The standard InChI is InChI=1S/C19H22O5/c1-10-11(2)19(24-4)16(12(3)18(10)23)8-15(21)7-13-5-6-14(20)9-17(13)22/h5-6,9,20,22-23H,7-8H2,1-4H3. The zero-order valence-electron chi connectivity index (χ0n) is 14.3. The number of methoxy groups -OCH3 is 1. The van der Waals surface area contributed by atoms with E-state index >= 15 is 0 Å². The van der Waals surface area contributed by atoms with E-state index in [0.717, 1.165) is 11.1 Å². The van der Waals surface area contributed by atoms with Crippen molar-refractivity contribution in [3.63, 3.8) is 0 Å². The molecular weight excluding hydrogens is 308 g/mol. The molecule has 0 unspecified atom stereocenters. The lowest BCUT2D eigenvalue weighted by Crippen LogP contribution is -2.10. The van der Waals surface area contributed by atoms with Crippen molar-refractivity contribution in [3.8, 4) is 23.0 Å². The third kappa shape index (κ3) is 3.30. The Morgan fingerprint density at radius 3 is 2.25 bits per heavy atom. The third-order valence-electron chi connectivity index (χ3n) is 4.37. The maximum absolute atomic E-state index is 12.4. The molecule has 0 aliphatic heterocycles. The Morgan fingerprint density at radius 2 is 1.67 bits per heavy atom. The van der Waals surface area contributed by atoms with Gasteiger partial charge in [-0.05, 0) is 43.5 Å². The Bertz CT molecular complexity index is 793. The van der Waals surface area contributed by atoms with E-state index in [0.29, 0.717) is 22.4 Å². The average molecular weight is 330 g/mol. The van der Waals surface area contributed by atoms with Crippen LogP contribution in [0.2, 0.25) is 0 Å². The summed E-state index contributed by atoms with van der Waals surface area (Å²) >= 11 is 0. The van der Waals surface area contributed by atoms with Gasteiger partial charge in [0.25, 0.3) is 0 Å². The Kier molecular flexibility index (Phi) is 5.02. The Morgan fingerprint density at radius 1 is 1.00 bits per heavy atom. The predicted octanol–water partition coefficient (Wildman–Crippen LogP) is 3.09. The molecule has 3 N–H and O–H groups in total. The van der Waals surface area contributed by atoms with Gasteiger partial charge in [0.2, 0.25) is 0 Å². The van der Waals surface area contributed by atoms with Crippen LogP contribution in [0.3, 0.4) is 0 Å². The largest absolute Gasteiger partial charge is 0.508 e.